The maximum Gasteiger partial charge on any atom is 0.316 e. The van der Waals surface area contributed by atoms with Gasteiger partial charge in [0.15, 0.2) is 0 Å². The molecule has 1 N–H and O–H groups in total. The lowest BCUT2D eigenvalue weighted by Crippen LogP contribution is -2.30. The van der Waals surface area contributed by atoms with Gasteiger partial charge in [0.1, 0.15) is 5.82 Å². The van der Waals surface area contributed by atoms with Gasteiger partial charge in [0.2, 0.25) is 11.7 Å². The Bertz CT molecular complexity index is 844. The van der Waals surface area contributed by atoms with Crippen molar-refractivity contribution >= 4 is 17.6 Å². The van der Waals surface area contributed by atoms with E-state index in [0.717, 1.165) is 31.9 Å². The standard InChI is InChI=1S/C20H26N6O3/c27-17-6-4-12-26(17)13-5-9-21-19(28)20-23-18(24-29-20)15-7-8-16(22-14-15)25-10-2-1-3-11-25/h7-8,14H,1-6,9-13H2,(H,21,28). The van der Waals surface area contributed by atoms with E-state index in [1.165, 1.54) is 19.3 Å². The van der Waals surface area contributed by atoms with Crippen LogP contribution in [0.2, 0.25) is 0 Å². The lowest BCUT2D eigenvalue weighted by atomic mass is 10.1. The summed E-state index contributed by atoms with van der Waals surface area (Å²) in [6.07, 6.45) is 7.62. The Hall–Kier alpha value is -2.97. The zero-order chi connectivity index (χ0) is 20.1. The number of hydrogen-bond donors (Lipinski definition) is 1. The van der Waals surface area contributed by atoms with Gasteiger partial charge in [-0.25, -0.2) is 4.98 Å². The number of amides is 2. The second-order valence-corrected chi connectivity index (χ2v) is 7.47. The zero-order valence-corrected chi connectivity index (χ0v) is 16.5. The first-order valence-corrected chi connectivity index (χ1v) is 10.3. The van der Waals surface area contributed by atoms with E-state index in [9.17, 15) is 9.59 Å². The first kappa shape index (κ1) is 19.4. The fraction of sp³-hybridized carbons (Fsp3) is 0.550. The van der Waals surface area contributed by atoms with Crippen molar-refractivity contribution < 1.29 is 14.1 Å². The van der Waals surface area contributed by atoms with Crippen molar-refractivity contribution in [3.63, 3.8) is 0 Å². The monoisotopic (exact) mass is 398 g/mol. The van der Waals surface area contributed by atoms with E-state index < -0.39 is 5.91 Å². The highest BCUT2D eigenvalue weighted by molar-refractivity contribution is 5.89. The normalized spacial score (nSPS) is 17.0. The molecule has 2 aliphatic rings. The molecule has 0 bridgehead atoms. The lowest BCUT2D eigenvalue weighted by Gasteiger charge is -2.27. The Morgan fingerprint density at radius 2 is 2.00 bits per heavy atom. The first-order valence-electron chi connectivity index (χ1n) is 10.3. The van der Waals surface area contributed by atoms with Crippen LogP contribution in [0.25, 0.3) is 11.4 Å². The average Bonchev–Trinajstić information content (AvgIpc) is 3.41. The van der Waals surface area contributed by atoms with Crippen LogP contribution in [0.4, 0.5) is 5.82 Å². The third-order valence-corrected chi connectivity index (χ3v) is 5.37. The molecule has 9 nitrogen and oxygen atoms in total. The zero-order valence-electron chi connectivity index (χ0n) is 16.5. The second kappa shape index (κ2) is 9.02. The van der Waals surface area contributed by atoms with Crippen molar-refractivity contribution in [1.82, 2.24) is 25.3 Å². The predicted molar refractivity (Wildman–Crippen MR) is 106 cm³/mol. The summed E-state index contributed by atoms with van der Waals surface area (Å²) < 4.78 is 5.10. The highest BCUT2D eigenvalue weighted by atomic mass is 16.5. The highest BCUT2D eigenvalue weighted by Gasteiger charge is 2.20. The van der Waals surface area contributed by atoms with E-state index in [1.807, 2.05) is 17.0 Å². The van der Waals surface area contributed by atoms with E-state index >= 15 is 0 Å². The fourth-order valence-electron chi connectivity index (χ4n) is 3.75. The van der Waals surface area contributed by atoms with Gasteiger partial charge < -0.3 is 19.6 Å². The number of nitrogens with one attached hydrogen (secondary N) is 1. The number of pyridine rings is 1. The molecule has 2 amide bonds. The van der Waals surface area contributed by atoms with E-state index in [-0.39, 0.29) is 11.8 Å². The van der Waals surface area contributed by atoms with Crippen molar-refractivity contribution in [3.8, 4) is 11.4 Å². The van der Waals surface area contributed by atoms with E-state index in [1.54, 1.807) is 6.20 Å². The van der Waals surface area contributed by atoms with Gasteiger partial charge in [-0.3, -0.25) is 9.59 Å². The summed E-state index contributed by atoms with van der Waals surface area (Å²) in [5.41, 5.74) is 0.709. The number of aromatic nitrogens is 3. The Balaban J connectivity index is 1.28. The molecule has 0 spiro atoms. The number of hydrogen-bond acceptors (Lipinski definition) is 7. The summed E-state index contributed by atoms with van der Waals surface area (Å²) >= 11 is 0. The van der Waals surface area contributed by atoms with Crippen LogP contribution in [0, 0.1) is 0 Å². The maximum absolute atomic E-state index is 12.2. The van der Waals surface area contributed by atoms with Crippen LogP contribution in [0.15, 0.2) is 22.9 Å². The molecule has 2 aliphatic heterocycles. The third kappa shape index (κ3) is 4.72. The summed E-state index contributed by atoms with van der Waals surface area (Å²) in [6.45, 7) is 3.98. The van der Waals surface area contributed by atoms with Crippen molar-refractivity contribution in [2.75, 3.05) is 37.6 Å². The number of anilines is 1. The van der Waals surface area contributed by atoms with Gasteiger partial charge >= 0.3 is 11.8 Å². The van der Waals surface area contributed by atoms with Crippen molar-refractivity contribution in [2.45, 2.75) is 38.5 Å². The molecule has 0 atom stereocenters. The van der Waals surface area contributed by atoms with Crippen molar-refractivity contribution in [3.05, 3.63) is 24.2 Å². The Morgan fingerprint density at radius 1 is 1.14 bits per heavy atom. The summed E-state index contributed by atoms with van der Waals surface area (Å²) in [5.74, 6) is 1.01. The number of carbonyl (C=O) groups is 2. The molecule has 4 rings (SSSR count). The number of likely N-dealkylation sites (tertiary alicyclic amines) is 1. The molecule has 29 heavy (non-hydrogen) atoms. The van der Waals surface area contributed by atoms with Gasteiger partial charge in [0.25, 0.3) is 0 Å². The van der Waals surface area contributed by atoms with Gasteiger partial charge in [0.05, 0.1) is 0 Å². The molecule has 0 aliphatic carbocycles. The van der Waals surface area contributed by atoms with Crippen molar-refractivity contribution in [2.24, 2.45) is 0 Å². The second-order valence-electron chi connectivity index (χ2n) is 7.47. The molecule has 154 valence electrons. The summed E-state index contributed by atoms with van der Waals surface area (Å²) in [7, 11) is 0. The number of carbonyl (C=O) groups excluding carboxylic acids is 2. The smallest absolute Gasteiger partial charge is 0.316 e. The van der Waals surface area contributed by atoms with Crippen LogP contribution < -0.4 is 10.2 Å². The van der Waals surface area contributed by atoms with Crippen LogP contribution in [-0.4, -0.2) is 64.6 Å². The van der Waals surface area contributed by atoms with Gasteiger partial charge in [-0.05, 0) is 44.2 Å². The molecule has 2 aromatic rings. The minimum Gasteiger partial charge on any atom is -0.357 e. The molecule has 0 aromatic carbocycles. The minimum atomic E-state index is -0.408. The number of rotatable bonds is 7. The van der Waals surface area contributed by atoms with Gasteiger partial charge in [-0.2, -0.15) is 4.98 Å². The van der Waals surface area contributed by atoms with Crippen LogP contribution in [0.5, 0.6) is 0 Å². The molecular formula is C20H26N6O3. The van der Waals surface area contributed by atoms with E-state index in [4.69, 9.17) is 4.52 Å². The van der Waals surface area contributed by atoms with Crippen LogP contribution in [0.3, 0.4) is 0 Å². The van der Waals surface area contributed by atoms with Crippen LogP contribution in [0.1, 0.15) is 49.2 Å². The molecule has 2 fully saturated rings. The highest BCUT2D eigenvalue weighted by Crippen LogP contribution is 2.21. The van der Waals surface area contributed by atoms with Gasteiger partial charge in [-0.15, -0.1) is 0 Å². The predicted octanol–water partition coefficient (Wildman–Crippen LogP) is 1.86. The molecule has 2 aromatic heterocycles. The minimum absolute atomic E-state index is 0.0719. The lowest BCUT2D eigenvalue weighted by molar-refractivity contribution is -0.127. The first-order chi connectivity index (χ1) is 14.2. The molecule has 0 radical (unpaired) electrons. The van der Waals surface area contributed by atoms with Crippen LogP contribution in [-0.2, 0) is 4.79 Å². The molecule has 0 unspecified atom stereocenters. The van der Waals surface area contributed by atoms with Gasteiger partial charge in [0, 0.05) is 50.9 Å². The number of piperidine rings is 1. The average molecular weight is 398 g/mol. The largest absolute Gasteiger partial charge is 0.357 e. The quantitative estimate of drug-likeness (QED) is 0.710. The molecular weight excluding hydrogens is 372 g/mol. The summed E-state index contributed by atoms with van der Waals surface area (Å²) in [6, 6.07) is 3.85. The van der Waals surface area contributed by atoms with Crippen LogP contribution >= 0.6 is 0 Å². The topological polar surface area (TPSA) is 104 Å². The number of nitrogens with zero attached hydrogens (tertiary/aromatic N) is 5. The van der Waals surface area contributed by atoms with Gasteiger partial charge in [-0.1, -0.05) is 5.16 Å². The third-order valence-electron chi connectivity index (χ3n) is 5.37. The Kier molecular flexibility index (Phi) is 6.02. The van der Waals surface area contributed by atoms with E-state index in [2.05, 4.69) is 25.3 Å². The van der Waals surface area contributed by atoms with E-state index in [0.29, 0.717) is 37.3 Å². The molecule has 0 saturated carbocycles. The Labute approximate surface area is 169 Å². The SMILES string of the molecule is O=C(NCCCN1CCCC1=O)c1nc(-c2ccc(N3CCCCC3)nc2)no1. The molecule has 2 saturated heterocycles. The Morgan fingerprint density at radius 3 is 2.72 bits per heavy atom. The fourth-order valence-corrected chi connectivity index (χ4v) is 3.75. The van der Waals surface area contributed by atoms with Crippen molar-refractivity contribution in [1.29, 1.82) is 0 Å². The molecule has 4 heterocycles. The molecule has 9 heteroatoms. The maximum atomic E-state index is 12.2. The summed E-state index contributed by atoms with van der Waals surface area (Å²) in [4.78, 5) is 36.6. The summed E-state index contributed by atoms with van der Waals surface area (Å²) in [5, 5.41) is 6.66.